The largest absolute Gasteiger partial charge is 0.346 e. The van der Waals surface area contributed by atoms with Crippen molar-refractivity contribution >= 4 is 34.9 Å². The van der Waals surface area contributed by atoms with Crippen LogP contribution in [0.1, 0.15) is 29.9 Å². The average Bonchev–Trinajstić information content (AvgIpc) is 3.01. The third-order valence-corrected chi connectivity index (χ3v) is 3.96. The molecule has 27 heavy (non-hydrogen) atoms. The lowest BCUT2D eigenvalue weighted by atomic mass is 10.1. The minimum absolute atomic E-state index is 0.00506. The van der Waals surface area contributed by atoms with Crippen molar-refractivity contribution < 1.29 is 9.59 Å². The quantitative estimate of drug-likeness (QED) is 0.628. The number of nitrogens with one attached hydrogen (secondary N) is 3. The van der Waals surface area contributed by atoms with Crippen LogP contribution in [0.5, 0.6) is 0 Å². The Hall–Kier alpha value is -3.06. The van der Waals surface area contributed by atoms with Gasteiger partial charge in [0.15, 0.2) is 0 Å². The van der Waals surface area contributed by atoms with Gasteiger partial charge in [0, 0.05) is 18.4 Å². The lowest BCUT2D eigenvalue weighted by Crippen LogP contribution is -2.35. The Morgan fingerprint density at radius 3 is 2.70 bits per heavy atom. The summed E-state index contributed by atoms with van der Waals surface area (Å²) in [5.41, 5.74) is 2.27. The van der Waals surface area contributed by atoms with Gasteiger partial charge in [0.05, 0.1) is 28.5 Å². The fourth-order valence-corrected chi connectivity index (χ4v) is 2.75. The number of fused-ring (bicyclic) bond motifs is 1. The molecule has 3 aromatic rings. The summed E-state index contributed by atoms with van der Waals surface area (Å²) in [4.78, 5) is 28.9. The van der Waals surface area contributed by atoms with E-state index in [1.54, 1.807) is 47.0 Å². The third kappa shape index (κ3) is 4.77. The number of rotatable bonds is 5. The number of aromatic nitrogens is 2. The van der Waals surface area contributed by atoms with Crippen LogP contribution < -0.4 is 16.0 Å². The maximum absolute atomic E-state index is 12.6. The number of nitrogens with zero attached hydrogens (tertiary/aromatic N) is 2. The topological polar surface area (TPSA) is 87.5 Å². The van der Waals surface area contributed by atoms with E-state index in [2.05, 4.69) is 20.9 Å². The first-order chi connectivity index (χ1) is 12.9. The fourth-order valence-electron chi connectivity index (χ4n) is 2.58. The van der Waals surface area contributed by atoms with Gasteiger partial charge in [0.2, 0.25) is 0 Å². The smallest absolute Gasteiger partial charge is 0.319 e. The molecule has 0 fully saturated rings. The summed E-state index contributed by atoms with van der Waals surface area (Å²) in [7, 11) is 0. The molecule has 3 rings (SSSR count). The van der Waals surface area contributed by atoms with Gasteiger partial charge in [0.25, 0.3) is 5.91 Å². The van der Waals surface area contributed by atoms with Crippen LogP contribution in [0.15, 0.2) is 48.8 Å². The Bertz CT molecular complexity index is 983. The van der Waals surface area contributed by atoms with Crippen molar-refractivity contribution in [1.82, 2.24) is 20.0 Å². The number of para-hydroxylation sites is 1. The molecule has 0 bridgehead atoms. The molecule has 1 aromatic carbocycles. The van der Waals surface area contributed by atoms with Crippen LogP contribution in [0, 0.1) is 0 Å². The SMILES string of the molecule is CC(C)NC(=O)Nc1ccccc1C(=O)NCc1cn2cc(Cl)ccc2n1. The third-order valence-electron chi connectivity index (χ3n) is 3.73. The number of pyridine rings is 1. The first-order valence-electron chi connectivity index (χ1n) is 8.50. The molecule has 0 spiro atoms. The highest BCUT2D eigenvalue weighted by Crippen LogP contribution is 2.16. The summed E-state index contributed by atoms with van der Waals surface area (Å²) >= 11 is 5.97. The van der Waals surface area contributed by atoms with Crippen molar-refractivity contribution in [3.8, 4) is 0 Å². The van der Waals surface area contributed by atoms with E-state index < -0.39 is 0 Å². The minimum atomic E-state index is -0.359. The number of anilines is 1. The molecule has 0 aliphatic carbocycles. The molecule has 0 radical (unpaired) electrons. The molecule has 0 saturated heterocycles. The van der Waals surface area contributed by atoms with Crippen LogP contribution >= 0.6 is 11.6 Å². The molecule has 0 saturated carbocycles. The number of amides is 3. The number of hydrogen-bond acceptors (Lipinski definition) is 3. The molecular weight excluding hydrogens is 366 g/mol. The number of benzene rings is 1. The molecule has 0 atom stereocenters. The zero-order valence-electron chi connectivity index (χ0n) is 15.0. The molecule has 140 valence electrons. The number of urea groups is 1. The number of carbonyl (C=O) groups excluding carboxylic acids is 2. The van der Waals surface area contributed by atoms with Crippen LogP contribution in [-0.2, 0) is 6.54 Å². The van der Waals surface area contributed by atoms with E-state index in [4.69, 9.17) is 11.6 Å². The highest BCUT2D eigenvalue weighted by molar-refractivity contribution is 6.30. The second kappa shape index (κ2) is 8.09. The standard InChI is InChI=1S/C19H20ClN5O2/c1-12(2)22-19(27)24-16-6-4-3-5-15(16)18(26)21-9-14-11-25-10-13(20)7-8-17(25)23-14/h3-8,10-12H,9H2,1-2H3,(H,21,26)(H2,22,24,27). The predicted octanol–water partition coefficient (Wildman–Crippen LogP) is 3.45. The predicted molar refractivity (Wildman–Crippen MR) is 105 cm³/mol. The summed E-state index contributed by atoms with van der Waals surface area (Å²) in [6, 6.07) is 10.0. The molecule has 2 aromatic heterocycles. The zero-order chi connectivity index (χ0) is 19.4. The molecular formula is C19H20ClN5O2. The van der Waals surface area contributed by atoms with Gasteiger partial charge in [-0.2, -0.15) is 0 Å². The molecule has 7 nitrogen and oxygen atoms in total. The molecule has 0 aliphatic heterocycles. The summed E-state index contributed by atoms with van der Waals surface area (Å²) in [6.07, 6.45) is 3.56. The Labute approximate surface area is 161 Å². The molecule has 8 heteroatoms. The first kappa shape index (κ1) is 18.7. The van der Waals surface area contributed by atoms with E-state index in [0.29, 0.717) is 22.0 Å². The highest BCUT2D eigenvalue weighted by Gasteiger charge is 2.14. The second-order valence-electron chi connectivity index (χ2n) is 6.33. The van der Waals surface area contributed by atoms with Crippen LogP contribution in [-0.4, -0.2) is 27.4 Å². The normalized spacial score (nSPS) is 10.8. The average molecular weight is 386 g/mol. The van der Waals surface area contributed by atoms with Crippen molar-refractivity contribution in [3.63, 3.8) is 0 Å². The van der Waals surface area contributed by atoms with Crippen molar-refractivity contribution in [2.24, 2.45) is 0 Å². The Morgan fingerprint density at radius 2 is 1.93 bits per heavy atom. The van der Waals surface area contributed by atoms with E-state index in [-0.39, 0.29) is 24.5 Å². The lowest BCUT2D eigenvalue weighted by Gasteiger charge is -2.13. The summed E-state index contributed by atoms with van der Waals surface area (Å²) in [6.45, 7) is 3.98. The van der Waals surface area contributed by atoms with Crippen LogP contribution in [0.4, 0.5) is 10.5 Å². The molecule has 3 N–H and O–H groups in total. The Morgan fingerprint density at radius 1 is 1.15 bits per heavy atom. The van der Waals surface area contributed by atoms with E-state index in [9.17, 15) is 9.59 Å². The van der Waals surface area contributed by atoms with Gasteiger partial charge >= 0.3 is 6.03 Å². The summed E-state index contributed by atoms with van der Waals surface area (Å²) < 4.78 is 1.80. The number of halogens is 1. The highest BCUT2D eigenvalue weighted by atomic mass is 35.5. The lowest BCUT2D eigenvalue weighted by molar-refractivity contribution is 0.0951. The Balaban J connectivity index is 1.69. The van der Waals surface area contributed by atoms with Gasteiger partial charge in [-0.25, -0.2) is 9.78 Å². The first-order valence-corrected chi connectivity index (χ1v) is 8.88. The van der Waals surface area contributed by atoms with Gasteiger partial charge in [-0.3, -0.25) is 4.79 Å². The van der Waals surface area contributed by atoms with Gasteiger partial charge in [-0.05, 0) is 38.1 Å². The summed E-state index contributed by atoms with van der Waals surface area (Å²) in [5.74, 6) is -0.300. The van der Waals surface area contributed by atoms with Crippen molar-refractivity contribution in [2.75, 3.05) is 5.32 Å². The number of imidazole rings is 1. The van der Waals surface area contributed by atoms with Crippen LogP contribution in [0.3, 0.4) is 0 Å². The van der Waals surface area contributed by atoms with E-state index in [1.165, 1.54) is 0 Å². The minimum Gasteiger partial charge on any atom is -0.346 e. The van der Waals surface area contributed by atoms with Crippen LogP contribution in [0.25, 0.3) is 5.65 Å². The van der Waals surface area contributed by atoms with Crippen molar-refractivity contribution in [2.45, 2.75) is 26.4 Å². The van der Waals surface area contributed by atoms with Crippen molar-refractivity contribution in [1.29, 1.82) is 0 Å². The zero-order valence-corrected chi connectivity index (χ0v) is 15.7. The molecule has 0 aliphatic rings. The van der Waals surface area contributed by atoms with Gasteiger partial charge < -0.3 is 20.4 Å². The fraction of sp³-hybridized carbons (Fsp3) is 0.211. The Kier molecular flexibility index (Phi) is 5.61. The van der Waals surface area contributed by atoms with E-state index >= 15 is 0 Å². The van der Waals surface area contributed by atoms with E-state index in [1.807, 2.05) is 20.0 Å². The monoisotopic (exact) mass is 385 g/mol. The summed E-state index contributed by atoms with van der Waals surface area (Å²) in [5, 5.41) is 8.87. The molecule has 0 unspecified atom stereocenters. The van der Waals surface area contributed by atoms with E-state index in [0.717, 1.165) is 5.65 Å². The molecule has 2 heterocycles. The number of hydrogen-bond donors (Lipinski definition) is 3. The maximum Gasteiger partial charge on any atom is 0.319 e. The van der Waals surface area contributed by atoms with Gasteiger partial charge in [-0.1, -0.05) is 23.7 Å². The van der Waals surface area contributed by atoms with Crippen molar-refractivity contribution in [3.05, 3.63) is 65.1 Å². The number of carbonyl (C=O) groups is 2. The van der Waals surface area contributed by atoms with Crippen LogP contribution in [0.2, 0.25) is 5.02 Å². The maximum atomic E-state index is 12.6. The van der Waals surface area contributed by atoms with Gasteiger partial charge in [0.1, 0.15) is 5.65 Å². The second-order valence-corrected chi connectivity index (χ2v) is 6.76. The van der Waals surface area contributed by atoms with Gasteiger partial charge in [-0.15, -0.1) is 0 Å². The molecule has 3 amide bonds.